The molecule has 0 atom stereocenters. The van der Waals surface area contributed by atoms with Crippen molar-refractivity contribution >= 4 is 156 Å². The minimum atomic E-state index is -1.51. The van der Waals surface area contributed by atoms with Gasteiger partial charge in [-0.05, 0) is 175 Å². The first-order valence-corrected chi connectivity index (χ1v) is 31.7. The zero-order valence-electron chi connectivity index (χ0n) is 53.4. The van der Waals surface area contributed by atoms with Crippen LogP contribution in [0.3, 0.4) is 0 Å². The van der Waals surface area contributed by atoms with E-state index in [0.29, 0.717) is 113 Å². The van der Waals surface area contributed by atoms with E-state index in [1.165, 1.54) is 90.0 Å². The van der Waals surface area contributed by atoms with Gasteiger partial charge in [-0.3, -0.25) is 19.2 Å². The lowest BCUT2D eigenvalue weighted by Crippen LogP contribution is -2.29. The van der Waals surface area contributed by atoms with Crippen LogP contribution in [-0.2, 0) is 14.2 Å². The van der Waals surface area contributed by atoms with Gasteiger partial charge in [-0.25, -0.2) is 24.0 Å². The maximum absolute atomic E-state index is 13.4. The fourth-order valence-corrected chi connectivity index (χ4v) is 11.9. The molecule has 9 aromatic carbocycles. The summed E-state index contributed by atoms with van der Waals surface area (Å²) in [5, 5.41) is 52.2. The lowest BCUT2D eigenvalue weighted by Gasteiger charge is -2.08. The van der Waals surface area contributed by atoms with E-state index in [9.17, 15) is 48.3 Å². The fraction of sp³-hybridized carbons (Fsp3) is 0.0833. The Bertz CT molecular complexity index is 5000. The number of carbonyl (C=O) groups is 9. The number of carbonyl (C=O) groups excluding carboxylic acids is 7. The van der Waals surface area contributed by atoms with Gasteiger partial charge in [0.2, 0.25) is 5.91 Å². The minimum Gasteiger partial charge on any atom is -0.478 e. The van der Waals surface area contributed by atoms with Crippen LogP contribution < -0.4 is 11.2 Å². The SMILES string of the molecule is COC(=O)c1ccc(-c2nn(C(=O)c3c(C)cccc3Cl)c3cc(C(=O)O)ccc23)cc1.COC(=O)c1ccc(-c2nn(C(=O)c3c(C)cccc3Cl)c3cc(C(N)=O)ccc23)cc1.COC(=O)c1ccc(B(O)O)cc1.Cc1cccc(Cl)c1C(=O)n1nc(I)c2ccc(C(=O)O)cc21. The lowest BCUT2D eigenvalue weighted by molar-refractivity contribution is 0.0592. The van der Waals surface area contributed by atoms with Gasteiger partial charge < -0.3 is 40.2 Å². The largest absolute Gasteiger partial charge is 0.488 e. The zero-order chi connectivity index (χ0) is 72.5. The Hall–Kier alpha value is -11.2. The number of nitrogens with two attached hydrogens (primary N) is 1. The predicted octanol–water partition coefficient (Wildman–Crippen LogP) is 12.2. The molecule has 1 amide bonds. The molecule has 0 saturated carbocycles. The standard InChI is InChI=1S/C24H18ClN3O4.C24H17ClN2O5.C16H10ClIN2O3.C8H9BO4/c1-13-4-3-5-18(25)20(13)23(30)28-19-12-16(22(26)29)10-11-17(19)21(27-28)14-6-8-15(9-7-14)24(31)32-2;1-13-4-3-5-18(25)20(13)22(28)27-19-12-16(23(29)30)10-11-17(19)21(26-27)14-6-8-15(9-7-14)24(31)32-2;1-8-3-2-4-11(17)13(8)15(21)20-12-7-9(16(22)23)5-6-10(12)14(18)19-20;1-13-8(10)6-2-4-7(5-3-6)9(11)12/h3-12H,1-2H3,(H2,26,29);3-12H,1-2H3,(H,29,30);2-7H,1H3,(H,22,23);2-5,11-12H,1H3. The van der Waals surface area contributed by atoms with Crippen molar-refractivity contribution in [1.82, 2.24) is 29.3 Å². The number of carboxylic acids is 2. The summed E-state index contributed by atoms with van der Waals surface area (Å²) in [5.74, 6) is -5.46. The van der Waals surface area contributed by atoms with E-state index in [0.717, 1.165) is 5.56 Å². The Labute approximate surface area is 597 Å². The van der Waals surface area contributed by atoms with E-state index in [4.69, 9.17) is 65.2 Å². The number of hydrogen-bond acceptors (Lipinski definition) is 17. The molecule has 100 heavy (non-hydrogen) atoms. The van der Waals surface area contributed by atoms with Crippen LogP contribution >= 0.6 is 57.4 Å². The summed E-state index contributed by atoms with van der Waals surface area (Å²) in [4.78, 5) is 109. The van der Waals surface area contributed by atoms with E-state index in [2.05, 4.69) is 20.0 Å². The number of carboxylic acid groups (broad SMARTS) is 2. The molecular weight excluding hydrogens is 1460 g/mol. The number of nitrogens with zero attached hydrogens (tertiary/aromatic N) is 6. The highest BCUT2D eigenvalue weighted by Gasteiger charge is 2.27. The first kappa shape index (κ1) is 73.1. The van der Waals surface area contributed by atoms with E-state index in [1.807, 2.05) is 22.6 Å². The number of aryl methyl sites for hydroxylation is 3. The van der Waals surface area contributed by atoms with Gasteiger partial charge in [0, 0.05) is 32.8 Å². The van der Waals surface area contributed by atoms with Crippen molar-refractivity contribution in [3.05, 3.63) is 268 Å². The van der Waals surface area contributed by atoms with Crippen molar-refractivity contribution in [1.29, 1.82) is 0 Å². The number of hydrogen-bond donors (Lipinski definition) is 5. The molecule has 28 heteroatoms. The predicted molar refractivity (Wildman–Crippen MR) is 383 cm³/mol. The molecule has 0 aliphatic carbocycles. The molecule has 6 N–H and O–H groups in total. The molecule has 3 heterocycles. The van der Waals surface area contributed by atoms with Gasteiger partial charge >= 0.3 is 37.0 Å². The van der Waals surface area contributed by atoms with Gasteiger partial charge in [0.15, 0.2) is 0 Å². The Morgan fingerprint density at radius 3 is 1.04 bits per heavy atom. The van der Waals surface area contributed by atoms with Crippen molar-refractivity contribution in [3.8, 4) is 22.5 Å². The number of rotatable bonds is 12. The molecule has 0 fully saturated rings. The maximum atomic E-state index is 13.4. The molecule has 12 aromatic rings. The number of aromatic carboxylic acids is 2. The van der Waals surface area contributed by atoms with Gasteiger partial charge in [-0.15, -0.1) is 0 Å². The number of benzene rings is 9. The number of primary amides is 1. The third-order valence-corrected chi connectivity index (χ3v) is 17.2. The van der Waals surface area contributed by atoms with Crippen molar-refractivity contribution in [2.75, 3.05) is 21.3 Å². The highest BCUT2D eigenvalue weighted by molar-refractivity contribution is 14.1. The molecule has 0 aliphatic heterocycles. The van der Waals surface area contributed by atoms with E-state index >= 15 is 0 Å². The summed E-state index contributed by atoms with van der Waals surface area (Å²) >= 11 is 20.8. The normalized spacial score (nSPS) is 10.7. The number of halogens is 4. The molecule has 0 radical (unpaired) electrons. The highest BCUT2D eigenvalue weighted by Crippen LogP contribution is 2.34. The van der Waals surface area contributed by atoms with Crippen LogP contribution in [0.1, 0.15) is 110 Å². The maximum Gasteiger partial charge on any atom is 0.488 e. The third-order valence-electron chi connectivity index (χ3n) is 15.4. The molecule has 0 spiro atoms. The molecule has 0 bridgehead atoms. The number of methoxy groups -OCH3 is 3. The number of amides is 1. The van der Waals surface area contributed by atoms with Crippen LogP contribution in [0.4, 0.5) is 0 Å². The summed E-state index contributed by atoms with van der Waals surface area (Å²) in [7, 11) is 2.39. The van der Waals surface area contributed by atoms with Gasteiger partial charge in [-0.1, -0.05) is 108 Å². The molecule has 0 saturated heterocycles. The van der Waals surface area contributed by atoms with Crippen LogP contribution in [-0.4, -0.2) is 132 Å². The monoisotopic (exact) mass is 1520 g/mol. The quantitative estimate of drug-likeness (QED) is 0.0328. The summed E-state index contributed by atoms with van der Waals surface area (Å²) < 4.78 is 18.1. The molecule has 23 nitrogen and oxygen atoms in total. The Balaban J connectivity index is 0.000000162. The molecule has 12 rings (SSSR count). The Morgan fingerprint density at radius 2 is 0.720 bits per heavy atom. The van der Waals surface area contributed by atoms with Crippen LogP contribution in [0.2, 0.25) is 15.1 Å². The van der Waals surface area contributed by atoms with E-state index < -0.39 is 54.7 Å². The summed E-state index contributed by atoms with van der Waals surface area (Å²) in [6.45, 7) is 5.34. The topological polar surface area (TPSA) is 342 Å². The zero-order valence-corrected chi connectivity index (χ0v) is 57.8. The van der Waals surface area contributed by atoms with Gasteiger partial charge in [0.25, 0.3) is 17.7 Å². The molecule has 0 unspecified atom stereocenters. The second kappa shape index (κ2) is 31.6. The first-order valence-electron chi connectivity index (χ1n) is 29.5. The Kier molecular flexibility index (Phi) is 23.1. The fourth-order valence-electron chi connectivity index (χ4n) is 10.3. The van der Waals surface area contributed by atoms with Crippen molar-refractivity contribution in [2.45, 2.75) is 20.8 Å². The van der Waals surface area contributed by atoms with Gasteiger partial charge in [-0.2, -0.15) is 29.3 Å². The highest BCUT2D eigenvalue weighted by atomic mass is 127. The average Bonchev–Trinajstić information content (AvgIpc) is 1.62. The van der Waals surface area contributed by atoms with Crippen molar-refractivity contribution < 1.29 is 77.6 Å². The second-order valence-electron chi connectivity index (χ2n) is 21.7. The van der Waals surface area contributed by atoms with Gasteiger partial charge in [0.1, 0.15) is 15.1 Å². The van der Waals surface area contributed by atoms with Crippen LogP contribution in [0.5, 0.6) is 0 Å². The number of ether oxygens (including phenoxy) is 3. The molecular formula is C72H54BCl3IN7O16. The van der Waals surface area contributed by atoms with Crippen LogP contribution in [0.25, 0.3) is 55.2 Å². The minimum absolute atomic E-state index is 0.0231. The van der Waals surface area contributed by atoms with E-state index in [-0.39, 0.29) is 33.2 Å². The lowest BCUT2D eigenvalue weighted by atomic mass is 9.80. The van der Waals surface area contributed by atoms with Gasteiger partial charge in [0.05, 0.1) is 97.5 Å². The molecule has 3 aromatic heterocycles. The third kappa shape index (κ3) is 15.7. The molecule has 504 valence electrons. The number of fused-ring (bicyclic) bond motifs is 3. The summed E-state index contributed by atoms with van der Waals surface area (Å²) in [6.07, 6.45) is 0. The first-order chi connectivity index (χ1) is 47.7. The molecule has 0 aliphatic rings. The van der Waals surface area contributed by atoms with E-state index in [1.54, 1.807) is 148 Å². The van der Waals surface area contributed by atoms with Crippen LogP contribution in [0, 0.1) is 24.5 Å². The van der Waals surface area contributed by atoms with Crippen molar-refractivity contribution in [2.24, 2.45) is 5.73 Å². The second-order valence-corrected chi connectivity index (χ2v) is 24.0. The average molecular weight is 1520 g/mol. The smallest absolute Gasteiger partial charge is 0.478 e. The Morgan fingerprint density at radius 1 is 0.420 bits per heavy atom. The summed E-state index contributed by atoms with van der Waals surface area (Å²) in [5.41, 5.74) is 13.8. The van der Waals surface area contributed by atoms with Crippen LogP contribution in [0.15, 0.2) is 182 Å². The van der Waals surface area contributed by atoms with Crippen molar-refractivity contribution in [3.63, 3.8) is 0 Å². The number of esters is 3. The summed E-state index contributed by atoms with van der Waals surface area (Å²) in [6, 6.07) is 48.4. The number of aromatic nitrogens is 6.